The van der Waals surface area contributed by atoms with Crippen LogP contribution in [-0.2, 0) is 6.42 Å². The van der Waals surface area contributed by atoms with E-state index in [1.807, 2.05) is 12.3 Å². The van der Waals surface area contributed by atoms with Gasteiger partial charge in [-0.15, -0.1) is 0 Å². The minimum atomic E-state index is -0.545. The third kappa shape index (κ3) is 4.37. The minimum Gasteiger partial charge on any atom is -0.389 e. The Kier molecular flexibility index (Phi) is 6.12. The average molecular weight is 427 g/mol. The van der Waals surface area contributed by atoms with Crippen molar-refractivity contribution in [1.29, 1.82) is 0 Å². The van der Waals surface area contributed by atoms with Crippen molar-refractivity contribution in [3.63, 3.8) is 0 Å². The van der Waals surface area contributed by atoms with E-state index in [0.717, 1.165) is 50.7 Å². The molecule has 1 N–H and O–H groups in total. The molecular weight excluding hydrogens is 392 g/mol. The maximum Gasteiger partial charge on any atom is 0.0728 e. The molecule has 3 aliphatic rings. The smallest absolute Gasteiger partial charge is 0.0728 e. The fourth-order valence-corrected chi connectivity index (χ4v) is 5.85. The molecule has 32 heavy (non-hydrogen) atoms. The monoisotopic (exact) mass is 426 g/mol. The summed E-state index contributed by atoms with van der Waals surface area (Å²) >= 11 is 0. The van der Waals surface area contributed by atoms with Gasteiger partial charge in [-0.05, 0) is 86.9 Å². The van der Waals surface area contributed by atoms with Gasteiger partial charge in [0.25, 0.3) is 0 Å². The first kappa shape index (κ1) is 21.4. The number of pyridine rings is 1. The van der Waals surface area contributed by atoms with Crippen molar-refractivity contribution in [1.82, 2.24) is 9.88 Å². The molecule has 3 heteroatoms. The fourth-order valence-electron chi connectivity index (χ4n) is 5.85. The van der Waals surface area contributed by atoms with E-state index in [4.69, 9.17) is 0 Å². The first-order valence-electron chi connectivity index (χ1n) is 12.1. The zero-order chi connectivity index (χ0) is 22.0. The number of benzene rings is 2. The van der Waals surface area contributed by atoms with E-state index in [-0.39, 0.29) is 0 Å². The van der Waals surface area contributed by atoms with E-state index in [2.05, 4.69) is 77.6 Å². The van der Waals surface area contributed by atoms with Gasteiger partial charge in [0.15, 0.2) is 0 Å². The molecule has 1 saturated carbocycles. The van der Waals surface area contributed by atoms with Gasteiger partial charge in [-0.25, -0.2) is 0 Å². The first-order valence-corrected chi connectivity index (χ1v) is 12.1. The van der Waals surface area contributed by atoms with Gasteiger partial charge in [-0.1, -0.05) is 54.6 Å². The Labute approximate surface area is 191 Å². The molecule has 3 aliphatic carbocycles. The number of aryl methyl sites for hydroxylation is 1. The van der Waals surface area contributed by atoms with E-state index < -0.39 is 5.60 Å². The zero-order valence-electron chi connectivity index (χ0n) is 19.1. The van der Waals surface area contributed by atoms with Crippen molar-refractivity contribution in [2.24, 2.45) is 11.8 Å². The molecule has 2 bridgehead atoms. The van der Waals surface area contributed by atoms with E-state index in [0.29, 0.717) is 11.8 Å². The molecule has 0 amide bonds. The molecule has 1 fully saturated rings. The van der Waals surface area contributed by atoms with Crippen molar-refractivity contribution >= 4 is 16.5 Å². The van der Waals surface area contributed by atoms with Crippen LogP contribution in [0.2, 0.25) is 0 Å². The van der Waals surface area contributed by atoms with Crippen LogP contribution in [0.4, 0.5) is 0 Å². The van der Waals surface area contributed by atoms with Crippen molar-refractivity contribution in [3.8, 4) is 0 Å². The molecule has 0 unspecified atom stereocenters. The second-order valence-corrected chi connectivity index (χ2v) is 9.82. The third-order valence-corrected chi connectivity index (χ3v) is 7.70. The Morgan fingerprint density at radius 2 is 1.81 bits per heavy atom. The molecule has 3 nitrogen and oxygen atoms in total. The standard InChI is InChI=1S/C29H34N2O/c1-31(18-7-10-23-15-17-30-28-12-6-5-11-26(23)28)19-16-29(32)21-24-13-14-25(29)20-27(24)22-8-3-2-4-9-22/h2-6,8-9,11-12,15,17,20,24-25,32H,7,10,13-14,16,18-19,21H2,1H3/t24-,25+,29+/m1/s1. The van der Waals surface area contributed by atoms with Crippen LogP contribution < -0.4 is 0 Å². The molecule has 3 aromatic rings. The van der Waals surface area contributed by atoms with Gasteiger partial charge < -0.3 is 10.0 Å². The molecule has 1 aromatic heterocycles. The van der Waals surface area contributed by atoms with Crippen LogP contribution in [0.5, 0.6) is 0 Å². The number of nitrogens with zero attached hydrogens (tertiary/aromatic N) is 2. The number of hydrogen-bond acceptors (Lipinski definition) is 3. The van der Waals surface area contributed by atoms with Gasteiger partial charge in [-0.2, -0.15) is 0 Å². The minimum absolute atomic E-state index is 0.291. The molecule has 166 valence electrons. The lowest BCUT2D eigenvalue weighted by atomic mass is 9.61. The number of para-hydroxylation sites is 1. The average Bonchev–Trinajstić information content (AvgIpc) is 2.84. The number of aliphatic hydroxyl groups is 1. The van der Waals surface area contributed by atoms with Crippen LogP contribution in [0.1, 0.15) is 43.2 Å². The van der Waals surface area contributed by atoms with E-state index >= 15 is 0 Å². The number of rotatable bonds is 8. The van der Waals surface area contributed by atoms with Crippen LogP contribution in [0.15, 0.2) is 72.9 Å². The lowest BCUT2D eigenvalue weighted by molar-refractivity contribution is -0.0574. The molecule has 0 aliphatic heterocycles. The third-order valence-electron chi connectivity index (χ3n) is 7.70. The number of hydrogen-bond donors (Lipinski definition) is 1. The van der Waals surface area contributed by atoms with Crippen molar-refractivity contribution in [3.05, 3.63) is 84.1 Å². The van der Waals surface area contributed by atoms with Crippen molar-refractivity contribution in [2.75, 3.05) is 20.1 Å². The van der Waals surface area contributed by atoms with Crippen LogP contribution in [0.3, 0.4) is 0 Å². The molecule has 0 radical (unpaired) electrons. The Hall–Kier alpha value is -2.49. The maximum absolute atomic E-state index is 11.5. The normalized spacial score (nSPS) is 24.8. The maximum atomic E-state index is 11.5. The van der Waals surface area contributed by atoms with Crippen molar-refractivity contribution in [2.45, 2.75) is 44.1 Å². The van der Waals surface area contributed by atoms with Crippen molar-refractivity contribution < 1.29 is 5.11 Å². The summed E-state index contributed by atoms with van der Waals surface area (Å²) in [6.07, 6.45) is 10.6. The van der Waals surface area contributed by atoms with Crippen LogP contribution >= 0.6 is 0 Å². The highest BCUT2D eigenvalue weighted by molar-refractivity contribution is 5.81. The highest BCUT2D eigenvalue weighted by Crippen LogP contribution is 2.51. The fraction of sp³-hybridized carbons (Fsp3) is 0.414. The molecule has 1 heterocycles. The number of aromatic nitrogens is 1. The highest BCUT2D eigenvalue weighted by atomic mass is 16.3. The van der Waals surface area contributed by atoms with Crippen LogP contribution in [0, 0.1) is 11.8 Å². The van der Waals surface area contributed by atoms with Gasteiger partial charge in [0.1, 0.15) is 0 Å². The Balaban J connectivity index is 1.15. The van der Waals surface area contributed by atoms with Gasteiger partial charge >= 0.3 is 0 Å². The second-order valence-electron chi connectivity index (χ2n) is 9.82. The summed E-state index contributed by atoms with van der Waals surface area (Å²) in [4.78, 5) is 6.87. The van der Waals surface area contributed by atoms with E-state index in [1.165, 1.54) is 28.5 Å². The number of allylic oxidation sites excluding steroid dienone is 1. The first-order chi connectivity index (χ1) is 15.6. The zero-order valence-corrected chi connectivity index (χ0v) is 19.1. The van der Waals surface area contributed by atoms with Gasteiger partial charge in [0.2, 0.25) is 0 Å². The Morgan fingerprint density at radius 3 is 2.62 bits per heavy atom. The molecule has 0 saturated heterocycles. The molecule has 0 spiro atoms. The predicted octanol–water partition coefficient (Wildman–Crippen LogP) is 5.73. The van der Waals surface area contributed by atoms with Crippen LogP contribution in [0.25, 0.3) is 16.5 Å². The number of fused-ring (bicyclic) bond motifs is 3. The summed E-state index contributed by atoms with van der Waals surface area (Å²) in [5, 5.41) is 12.8. The molecule has 6 rings (SSSR count). The highest BCUT2D eigenvalue weighted by Gasteiger charge is 2.46. The Bertz CT molecular complexity index is 1090. The van der Waals surface area contributed by atoms with Crippen LogP contribution in [-0.4, -0.2) is 40.7 Å². The molecular formula is C29H34N2O. The summed E-state index contributed by atoms with van der Waals surface area (Å²) in [5.74, 6) is 0.789. The summed E-state index contributed by atoms with van der Waals surface area (Å²) in [6.45, 7) is 2.00. The quantitative estimate of drug-likeness (QED) is 0.499. The largest absolute Gasteiger partial charge is 0.389 e. The molecule has 3 atom stereocenters. The van der Waals surface area contributed by atoms with Gasteiger partial charge in [0, 0.05) is 24.0 Å². The van der Waals surface area contributed by atoms with Gasteiger partial charge in [0.05, 0.1) is 11.1 Å². The predicted molar refractivity (Wildman–Crippen MR) is 132 cm³/mol. The van der Waals surface area contributed by atoms with Gasteiger partial charge in [-0.3, -0.25) is 4.98 Å². The summed E-state index contributed by atoms with van der Waals surface area (Å²) in [7, 11) is 2.19. The lowest BCUT2D eigenvalue weighted by Gasteiger charge is -2.48. The lowest BCUT2D eigenvalue weighted by Crippen LogP contribution is -2.48. The SMILES string of the molecule is CN(CCCc1ccnc2ccccc12)CC[C@]1(O)C[C@H]2CC[C@H]1C=C2c1ccccc1. The topological polar surface area (TPSA) is 36.4 Å². The second kappa shape index (κ2) is 9.17. The summed E-state index contributed by atoms with van der Waals surface area (Å²) in [6, 6.07) is 21.3. The molecule has 2 aromatic carbocycles. The van der Waals surface area contributed by atoms with E-state index in [1.54, 1.807) is 0 Å². The Morgan fingerprint density at radius 1 is 1.00 bits per heavy atom. The van der Waals surface area contributed by atoms with E-state index in [9.17, 15) is 5.11 Å². The summed E-state index contributed by atoms with van der Waals surface area (Å²) in [5.41, 5.74) is 4.72. The summed E-state index contributed by atoms with van der Waals surface area (Å²) < 4.78 is 0.